The van der Waals surface area contributed by atoms with Crippen LogP contribution in [0.4, 0.5) is 5.69 Å². The second kappa shape index (κ2) is 3.97. The number of phenols is 2. The number of aromatic hydroxyl groups is 2. The molecule has 1 aliphatic rings. The molecule has 0 spiro atoms. The minimum absolute atomic E-state index is 0.0187. The minimum Gasteiger partial charge on any atom is -0.504 e. The highest BCUT2D eigenvalue weighted by atomic mass is 16.6. The van der Waals surface area contributed by atoms with Crippen LogP contribution in [0.2, 0.25) is 0 Å². The molecule has 0 bridgehead atoms. The predicted molar refractivity (Wildman–Crippen MR) is 56.4 cm³/mol. The van der Waals surface area contributed by atoms with Gasteiger partial charge in [-0.25, -0.2) is 0 Å². The Labute approximate surface area is 91.7 Å². The Kier molecular flexibility index (Phi) is 2.66. The molecule has 0 aliphatic carbocycles. The fraction of sp³-hybridized carbons (Fsp3) is 0.400. The van der Waals surface area contributed by atoms with Gasteiger partial charge in [0.25, 0.3) is 0 Å². The van der Waals surface area contributed by atoms with Crippen LogP contribution in [0.25, 0.3) is 0 Å². The Morgan fingerprint density at radius 3 is 2.75 bits per heavy atom. The molecule has 1 heterocycles. The van der Waals surface area contributed by atoms with Crippen LogP contribution < -0.4 is 5.32 Å². The van der Waals surface area contributed by atoms with Crippen molar-refractivity contribution in [1.29, 1.82) is 0 Å². The van der Waals surface area contributed by atoms with E-state index in [1.165, 1.54) is 12.1 Å². The lowest BCUT2D eigenvalue weighted by Crippen LogP contribution is -2.12. The van der Waals surface area contributed by atoms with Crippen molar-refractivity contribution in [1.82, 2.24) is 5.32 Å². The van der Waals surface area contributed by atoms with Gasteiger partial charge in [-0.1, -0.05) is 0 Å². The fourth-order valence-corrected chi connectivity index (χ4v) is 1.93. The predicted octanol–water partition coefficient (Wildman–Crippen LogP) is 1.43. The SMILES string of the molecule is O=[N+]([O-])c1cc([C@H]2CCCN2)cc(O)c1O. The quantitative estimate of drug-likeness (QED) is 0.401. The van der Waals surface area contributed by atoms with Crippen LogP contribution in [-0.4, -0.2) is 21.7 Å². The standard InChI is InChI=1S/C10H12N2O4/c13-9-5-6(7-2-1-3-11-7)4-8(10(9)14)12(15)16/h4-5,7,11,13-14H,1-3H2/t7-/m1/s1. The van der Waals surface area contributed by atoms with Gasteiger partial charge in [-0.3, -0.25) is 10.1 Å². The molecule has 1 aromatic rings. The third kappa shape index (κ3) is 1.79. The summed E-state index contributed by atoms with van der Waals surface area (Å²) >= 11 is 0. The molecule has 0 saturated carbocycles. The van der Waals surface area contributed by atoms with E-state index in [9.17, 15) is 20.3 Å². The van der Waals surface area contributed by atoms with E-state index in [4.69, 9.17) is 0 Å². The summed E-state index contributed by atoms with van der Waals surface area (Å²) in [7, 11) is 0. The lowest BCUT2D eigenvalue weighted by atomic mass is 10.0. The average Bonchev–Trinajstić information content (AvgIpc) is 2.74. The molecule has 1 fully saturated rings. The summed E-state index contributed by atoms with van der Waals surface area (Å²) in [4.78, 5) is 9.95. The number of nitro benzene ring substituents is 1. The second-order valence-corrected chi connectivity index (χ2v) is 3.81. The van der Waals surface area contributed by atoms with Crippen molar-refractivity contribution in [2.45, 2.75) is 18.9 Å². The molecule has 6 heteroatoms. The van der Waals surface area contributed by atoms with Gasteiger partial charge in [-0.15, -0.1) is 0 Å². The van der Waals surface area contributed by atoms with Crippen LogP contribution >= 0.6 is 0 Å². The van der Waals surface area contributed by atoms with E-state index in [1.54, 1.807) is 0 Å². The average molecular weight is 224 g/mol. The van der Waals surface area contributed by atoms with Crippen molar-refractivity contribution in [3.05, 3.63) is 27.8 Å². The van der Waals surface area contributed by atoms with Gasteiger partial charge >= 0.3 is 5.69 Å². The first-order valence-electron chi connectivity index (χ1n) is 5.03. The van der Waals surface area contributed by atoms with Gasteiger partial charge < -0.3 is 15.5 Å². The van der Waals surface area contributed by atoms with Crippen molar-refractivity contribution in [2.24, 2.45) is 0 Å². The molecule has 0 radical (unpaired) electrons. The first-order valence-corrected chi connectivity index (χ1v) is 5.03. The van der Waals surface area contributed by atoms with Gasteiger partial charge in [0, 0.05) is 12.1 Å². The molecule has 0 unspecified atom stereocenters. The normalized spacial score (nSPS) is 19.9. The zero-order chi connectivity index (χ0) is 11.7. The van der Waals surface area contributed by atoms with Crippen molar-refractivity contribution in [3.8, 4) is 11.5 Å². The zero-order valence-corrected chi connectivity index (χ0v) is 8.51. The fourth-order valence-electron chi connectivity index (χ4n) is 1.93. The van der Waals surface area contributed by atoms with Crippen LogP contribution in [0, 0.1) is 10.1 Å². The minimum atomic E-state index is -0.701. The van der Waals surface area contributed by atoms with E-state index in [1.807, 2.05) is 0 Å². The maximum absolute atomic E-state index is 10.7. The van der Waals surface area contributed by atoms with Crippen molar-refractivity contribution in [3.63, 3.8) is 0 Å². The molecular weight excluding hydrogens is 212 g/mol. The Balaban J connectivity index is 2.43. The maximum atomic E-state index is 10.7. The van der Waals surface area contributed by atoms with Gasteiger partial charge in [-0.2, -0.15) is 0 Å². The van der Waals surface area contributed by atoms with Gasteiger partial charge in [0.1, 0.15) is 0 Å². The van der Waals surface area contributed by atoms with Crippen molar-refractivity contribution < 1.29 is 15.1 Å². The van der Waals surface area contributed by atoms with Crippen LogP contribution in [-0.2, 0) is 0 Å². The molecule has 16 heavy (non-hydrogen) atoms. The summed E-state index contributed by atoms with van der Waals surface area (Å²) < 4.78 is 0. The van der Waals surface area contributed by atoms with E-state index < -0.39 is 22.1 Å². The lowest BCUT2D eigenvalue weighted by Gasteiger charge is -2.11. The van der Waals surface area contributed by atoms with E-state index in [-0.39, 0.29) is 6.04 Å². The largest absolute Gasteiger partial charge is 0.504 e. The Bertz CT molecular complexity index is 427. The highest BCUT2D eigenvalue weighted by Gasteiger charge is 2.24. The molecule has 0 aromatic heterocycles. The van der Waals surface area contributed by atoms with Crippen LogP contribution in [0.1, 0.15) is 24.4 Å². The smallest absolute Gasteiger partial charge is 0.314 e. The molecular formula is C10H12N2O4. The molecule has 1 atom stereocenters. The number of nitrogens with one attached hydrogen (secondary N) is 1. The van der Waals surface area contributed by atoms with E-state index >= 15 is 0 Å². The molecule has 2 rings (SSSR count). The number of benzene rings is 1. The van der Waals surface area contributed by atoms with E-state index in [0.717, 1.165) is 19.4 Å². The van der Waals surface area contributed by atoms with Crippen molar-refractivity contribution in [2.75, 3.05) is 6.54 Å². The summed E-state index contributed by atoms with van der Waals surface area (Å²) in [5.74, 6) is -1.12. The molecule has 86 valence electrons. The highest BCUT2D eigenvalue weighted by Crippen LogP contribution is 2.39. The molecule has 1 aromatic carbocycles. The van der Waals surface area contributed by atoms with Gasteiger partial charge in [0.05, 0.1) is 4.92 Å². The molecule has 0 amide bonds. The number of nitro groups is 1. The Hall–Kier alpha value is -1.82. The van der Waals surface area contributed by atoms with Gasteiger partial charge in [-0.05, 0) is 31.0 Å². The Morgan fingerprint density at radius 2 is 2.19 bits per heavy atom. The van der Waals surface area contributed by atoms with Crippen LogP contribution in [0.3, 0.4) is 0 Å². The summed E-state index contributed by atoms with van der Waals surface area (Å²) in [5, 5.41) is 32.6. The highest BCUT2D eigenvalue weighted by molar-refractivity contribution is 5.57. The summed E-state index contributed by atoms with van der Waals surface area (Å²) in [6.07, 6.45) is 1.88. The van der Waals surface area contributed by atoms with Crippen LogP contribution in [0.5, 0.6) is 11.5 Å². The maximum Gasteiger partial charge on any atom is 0.314 e. The summed E-state index contributed by atoms with van der Waals surface area (Å²) in [5.41, 5.74) is 0.184. The van der Waals surface area contributed by atoms with Gasteiger partial charge in [0.2, 0.25) is 5.75 Å². The van der Waals surface area contributed by atoms with Crippen molar-refractivity contribution >= 4 is 5.69 Å². The number of hydrogen-bond donors (Lipinski definition) is 3. The summed E-state index contributed by atoms with van der Waals surface area (Å²) in [6, 6.07) is 2.69. The molecule has 1 saturated heterocycles. The summed E-state index contributed by atoms with van der Waals surface area (Å²) in [6.45, 7) is 0.861. The first kappa shape index (κ1) is 10.7. The number of hydrogen-bond acceptors (Lipinski definition) is 5. The van der Waals surface area contributed by atoms with E-state index in [2.05, 4.69) is 5.32 Å². The topological polar surface area (TPSA) is 95.6 Å². The molecule has 6 nitrogen and oxygen atoms in total. The van der Waals surface area contributed by atoms with Crippen LogP contribution in [0.15, 0.2) is 12.1 Å². The van der Waals surface area contributed by atoms with E-state index in [0.29, 0.717) is 5.56 Å². The number of rotatable bonds is 2. The lowest BCUT2D eigenvalue weighted by molar-refractivity contribution is -0.386. The Morgan fingerprint density at radius 1 is 1.44 bits per heavy atom. The molecule has 1 aliphatic heterocycles. The third-order valence-electron chi connectivity index (χ3n) is 2.75. The first-order chi connectivity index (χ1) is 7.59. The zero-order valence-electron chi connectivity index (χ0n) is 8.51. The monoisotopic (exact) mass is 224 g/mol. The van der Waals surface area contributed by atoms with Gasteiger partial charge in [0.15, 0.2) is 5.75 Å². The second-order valence-electron chi connectivity index (χ2n) is 3.81. The number of phenolic OH excluding ortho intramolecular Hbond substituents is 2. The third-order valence-corrected chi connectivity index (χ3v) is 2.75. The number of nitrogens with zero attached hydrogens (tertiary/aromatic N) is 1. The molecule has 3 N–H and O–H groups in total.